The molecule has 2 fully saturated rings. The molecule has 2 aliphatic carbocycles. The topological polar surface area (TPSA) is 35.5 Å². The number of carbonyl (C=O) groups is 1. The van der Waals surface area contributed by atoms with Crippen LogP contribution < -0.4 is 4.74 Å². The van der Waals surface area contributed by atoms with Gasteiger partial charge >= 0.3 is 6.16 Å². The van der Waals surface area contributed by atoms with Gasteiger partial charge in [-0.2, -0.15) is 0 Å². The molecule has 0 bridgehead atoms. The van der Waals surface area contributed by atoms with Crippen molar-refractivity contribution >= 4 is 6.16 Å². The number of rotatable bonds is 9. The van der Waals surface area contributed by atoms with Crippen molar-refractivity contribution in [3.8, 4) is 16.9 Å². The Balaban J connectivity index is 1.28. The first-order valence-corrected chi connectivity index (χ1v) is 14.3. The Morgan fingerprint density at radius 2 is 1.50 bits per heavy atom. The van der Waals surface area contributed by atoms with E-state index in [0.717, 1.165) is 61.5 Å². The summed E-state index contributed by atoms with van der Waals surface area (Å²) in [6.45, 7) is 4.47. The summed E-state index contributed by atoms with van der Waals surface area (Å²) in [6, 6.07) is 12.7. The minimum atomic E-state index is -0.651. The largest absolute Gasteiger partial charge is 0.514 e. The van der Waals surface area contributed by atoms with Crippen LogP contribution in [0.5, 0.6) is 5.75 Å². The molecule has 2 aromatic rings. The van der Waals surface area contributed by atoms with Gasteiger partial charge in [0.2, 0.25) is 0 Å². The van der Waals surface area contributed by atoms with Gasteiger partial charge in [-0.1, -0.05) is 70.2 Å². The van der Waals surface area contributed by atoms with Crippen molar-refractivity contribution in [3.63, 3.8) is 0 Å². The molecule has 0 aliphatic heterocycles. The van der Waals surface area contributed by atoms with Crippen molar-refractivity contribution in [2.24, 2.45) is 11.8 Å². The lowest BCUT2D eigenvalue weighted by atomic mass is 9.77. The van der Waals surface area contributed by atoms with Crippen LogP contribution in [0.25, 0.3) is 11.1 Å². The third-order valence-electron chi connectivity index (χ3n) is 8.40. The molecule has 0 spiro atoms. The van der Waals surface area contributed by atoms with Crippen LogP contribution >= 0.6 is 0 Å². The highest BCUT2D eigenvalue weighted by Crippen LogP contribution is 2.39. The van der Waals surface area contributed by atoms with Crippen molar-refractivity contribution < 1.29 is 18.7 Å². The third-order valence-corrected chi connectivity index (χ3v) is 8.40. The van der Waals surface area contributed by atoms with Crippen LogP contribution in [-0.4, -0.2) is 12.3 Å². The zero-order chi connectivity index (χ0) is 25.3. The second-order valence-electron chi connectivity index (χ2n) is 11.0. The lowest BCUT2D eigenvalue weighted by Gasteiger charge is -2.29. The Hall–Kier alpha value is -2.36. The molecular weight excluding hydrogens is 451 g/mol. The highest BCUT2D eigenvalue weighted by atomic mass is 19.1. The normalized spacial score (nSPS) is 24.3. The third kappa shape index (κ3) is 7.33. The molecule has 2 saturated carbocycles. The van der Waals surface area contributed by atoms with Crippen molar-refractivity contribution in [3.05, 3.63) is 53.8 Å². The van der Waals surface area contributed by atoms with Crippen LogP contribution in [0, 0.1) is 17.7 Å². The predicted molar refractivity (Wildman–Crippen MR) is 144 cm³/mol. The minimum absolute atomic E-state index is 0.0520. The lowest BCUT2D eigenvalue weighted by Crippen LogP contribution is -2.26. The highest BCUT2D eigenvalue weighted by Gasteiger charge is 2.25. The van der Waals surface area contributed by atoms with Crippen LogP contribution in [0.1, 0.15) is 109 Å². The second-order valence-corrected chi connectivity index (χ2v) is 11.0. The summed E-state index contributed by atoms with van der Waals surface area (Å²) in [5, 5.41) is 0. The predicted octanol–water partition coefficient (Wildman–Crippen LogP) is 9.83. The van der Waals surface area contributed by atoms with E-state index < -0.39 is 6.16 Å². The molecule has 36 heavy (non-hydrogen) atoms. The van der Waals surface area contributed by atoms with Gasteiger partial charge in [0.05, 0.1) is 0 Å². The van der Waals surface area contributed by atoms with Gasteiger partial charge in [0.1, 0.15) is 17.7 Å². The standard InChI is InChI=1S/C32H43FO3/c1-3-5-7-24-8-12-25(13-9-24)27-16-21-30(31(33)22-27)26-14-19-29(20-15-26)36-32(34)35-28-17-10-23(6-4-2)11-18-28/h14-16,19-25,28H,3-13,17-18H2,1-2H3/t23-,24-,25-,28-. The van der Waals surface area contributed by atoms with Gasteiger partial charge in [0.15, 0.2) is 0 Å². The molecule has 0 unspecified atom stereocenters. The van der Waals surface area contributed by atoms with Crippen LogP contribution in [-0.2, 0) is 4.74 Å². The number of hydrogen-bond acceptors (Lipinski definition) is 3. The second kappa shape index (κ2) is 13.3. The number of ether oxygens (including phenoxy) is 2. The van der Waals surface area contributed by atoms with Gasteiger partial charge in [-0.05, 0) is 98.4 Å². The molecule has 0 amide bonds. The van der Waals surface area contributed by atoms with E-state index in [1.54, 1.807) is 30.3 Å². The van der Waals surface area contributed by atoms with Crippen molar-refractivity contribution in [1.82, 2.24) is 0 Å². The number of benzene rings is 2. The zero-order valence-corrected chi connectivity index (χ0v) is 22.1. The fraction of sp³-hybridized carbons (Fsp3) is 0.594. The fourth-order valence-electron chi connectivity index (χ4n) is 6.20. The number of unbranched alkanes of at least 4 members (excludes halogenated alkanes) is 1. The molecule has 4 rings (SSSR count). The number of carbonyl (C=O) groups excluding carboxylic acids is 1. The first-order valence-electron chi connectivity index (χ1n) is 14.3. The van der Waals surface area contributed by atoms with Gasteiger partial charge in [-0.15, -0.1) is 0 Å². The Bertz CT molecular complexity index is 954. The van der Waals surface area contributed by atoms with E-state index in [1.165, 1.54) is 44.9 Å². The first kappa shape index (κ1) is 26.7. The van der Waals surface area contributed by atoms with E-state index >= 15 is 4.39 Å². The van der Waals surface area contributed by atoms with Gasteiger partial charge in [-0.3, -0.25) is 0 Å². The number of halogens is 1. The molecule has 196 valence electrons. The summed E-state index contributed by atoms with van der Waals surface area (Å²) < 4.78 is 26.0. The molecule has 0 N–H and O–H groups in total. The van der Waals surface area contributed by atoms with Gasteiger partial charge < -0.3 is 9.47 Å². The minimum Gasteiger partial charge on any atom is -0.431 e. The van der Waals surface area contributed by atoms with Crippen LogP contribution in [0.15, 0.2) is 42.5 Å². The Morgan fingerprint density at radius 3 is 2.14 bits per heavy atom. The van der Waals surface area contributed by atoms with E-state index in [-0.39, 0.29) is 11.9 Å². The van der Waals surface area contributed by atoms with Crippen LogP contribution in [0.4, 0.5) is 9.18 Å². The molecule has 0 heterocycles. The maximum Gasteiger partial charge on any atom is 0.514 e. The van der Waals surface area contributed by atoms with Gasteiger partial charge in [0.25, 0.3) is 0 Å². The van der Waals surface area contributed by atoms with E-state index in [4.69, 9.17) is 9.47 Å². The molecule has 0 aromatic heterocycles. The molecular formula is C32H43FO3. The summed E-state index contributed by atoms with van der Waals surface area (Å²) in [6.07, 6.45) is 14.6. The average molecular weight is 495 g/mol. The molecule has 3 nitrogen and oxygen atoms in total. The lowest BCUT2D eigenvalue weighted by molar-refractivity contribution is 0.0330. The molecule has 2 aromatic carbocycles. The van der Waals surface area contributed by atoms with Crippen LogP contribution in [0.3, 0.4) is 0 Å². The summed E-state index contributed by atoms with van der Waals surface area (Å²) in [5.41, 5.74) is 2.47. The van der Waals surface area contributed by atoms with E-state index in [9.17, 15) is 4.79 Å². The van der Waals surface area contributed by atoms with Crippen LogP contribution in [0.2, 0.25) is 0 Å². The average Bonchev–Trinajstić information content (AvgIpc) is 2.89. The highest BCUT2D eigenvalue weighted by molar-refractivity contribution is 5.68. The molecule has 4 heteroatoms. The van der Waals surface area contributed by atoms with Crippen molar-refractivity contribution in [1.29, 1.82) is 0 Å². The maximum atomic E-state index is 15.1. The SMILES string of the molecule is CCCC[C@H]1CC[C@H](c2ccc(-c3ccc(OC(=O)O[C@H]4CC[C@H](CCC)CC4)cc3)c(F)c2)CC1. The van der Waals surface area contributed by atoms with Gasteiger partial charge in [-0.25, -0.2) is 9.18 Å². The zero-order valence-electron chi connectivity index (χ0n) is 22.1. The van der Waals surface area contributed by atoms with Gasteiger partial charge in [0, 0.05) is 5.56 Å². The van der Waals surface area contributed by atoms with E-state index in [1.807, 2.05) is 6.07 Å². The summed E-state index contributed by atoms with van der Waals surface area (Å²) >= 11 is 0. The summed E-state index contributed by atoms with van der Waals surface area (Å²) in [5.74, 6) is 2.31. The first-order chi connectivity index (χ1) is 17.6. The monoisotopic (exact) mass is 494 g/mol. The maximum absolute atomic E-state index is 15.1. The summed E-state index contributed by atoms with van der Waals surface area (Å²) in [4.78, 5) is 12.3. The summed E-state index contributed by atoms with van der Waals surface area (Å²) in [7, 11) is 0. The van der Waals surface area contributed by atoms with E-state index in [0.29, 0.717) is 17.2 Å². The molecule has 0 radical (unpaired) electrons. The van der Waals surface area contributed by atoms with Crippen molar-refractivity contribution in [2.45, 2.75) is 109 Å². The Morgan fingerprint density at radius 1 is 0.833 bits per heavy atom. The quantitative estimate of drug-likeness (QED) is 0.257. The van der Waals surface area contributed by atoms with Crippen molar-refractivity contribution in [2.75, 3.05) is 0 Å². The number of hydrogen-bond donors (Lipinski definition) is 0. The smallest absolute Gasteiger partial charge is 0.431 e. The van der Waals surface area contributed by atoms with E-state index in [2.05, 4.69) is 19.9 Å². The molecule has 2 aliphatic rings. The fourth-order valence-corrected chi connectivity index (χ4v) is 6.20. The Labute approximate surface area is 216 Å². The molecule has 0 atom stereocenters. The molecule has 0 saturated heterocycles. The Kier molecular flexibility index (Phi) is 9.83.